The van der Waals surface area contributed by atoms with Crippen LogP contribution in [0.3, 0.4) is 0 Å². The Morgan fingerprint density at radius 3 is 2.20 bits per heavy atom. The summed E-state index contributed by atoms with van der Waals surface area (Å²) in [6.45, 7) is 9.31. The lowest BCUT2D eigenvalue weighted by molar-refractivity contribution is 0.0798. The van der Waals surface area contributed by atoms with Gasteiger partial charge in [-0.15, -0.1) is 0 Å². The van der Waals surface area contributed by atoms with Crippen LogP contribution < -0.4 is 5.73 Å². The first-order chi connectivity index (χ1) is 9.67. The van der Waals surface area contributed by atoms with E-state index in [1.807, 2.05) is 26.0 Å². The van der Waals surface area contributed by atoms with E-state index in [4.69, 9.17) is 15.2 Å². The predicted octanol–water partition coefficient (Wildman–Crippen LogP) is 1.85. The van der Waals surface area contributed by atoms with Crippen LogP contribution >= 0.6 is 0 Å². The molecule has 0 saturated heterocycles. The maximum atomic E-state index is 9.45. The van der Waals surface area contributed by atoms with Crippen LogP contribution in [-0.4, -0.2) is 49.5 Å². The quantitative estimate of drug-likeness (QED) is 0.389. The van der Waals surface area contributed by atoms with E-state index < -0.39 is 0 Å². The van der Waals surface area contributed by atoms with Gasteiger partial charge in [-0.2, -0.15) is 0 Å². The number of phenols is 1. The second-order valence-electron chi connectivity index (χ2n) is 4.56. The molecule has 114 valence electrons. The molecule has 0 fully saturated rings. The molecule has 0 amide bonds. The number of rotatable bonds is 10. The summed E-state index contributed by atoms with van der Waals surface area (Å²) >= 11 is 0. The molecule has 0 aliphatic carbocycles. The van der Waals surface area contributed by atoms with Crippen molar-refractivity contribution in [3.05, 3.63) is 23.8 Å². The Kier molecular flexibility index (Phi) is 8.02. The van der Waals surface area contributed by atoms with Crippen molar-refractivity contribution >= 4 is 5.69 Å². The maximum absolute atomic E-state index is 9.45. The van der Waals surface area contributed by atoms with Gasteiger partial charge in [-0.05, 0) is 31.5 Å². The van der Waals surface area contributed by atoms with E-state index in [0.29, 0.717) is 18.9 Å². The summed E-state index contributed by atoms with van der Waals surface area (Å²) < 4.78 is 10.8. The second-order valence-corrected chi connectivity index (χ2v) is 4.56. The summed E-state index contributed by atoms with van der Waals surface area (Å²) in [6, 6.07) is 5.33. The van der Waals surface area contributed by atoms with Gasteiger partial charge in [0.15, 0.2) is 0 Å². The monoisotopic (exact) mass is 282 g/mol. The zero-order valence-corrected chi connectivity index (χ0v) is 12.5. The molecule has 0 saturated carbocycles. The van der Waals surface area contributed by atoms with Gasteiger partial charge in [0.05, 0.1) is 18.9 Å². The largest absolute Gasteiger partial charge is 0.506 e. The van der Waals surface area contributed by atoms with Gasteiger partial charge < -0.3 is 20.3 Å². The highest BCUT2D eigenvalue weighted by Gasteiger charge is 2.07. The van der Waals surface area contributed by atoms with Crippen LogP contribution in [0, 0.1) is 0 Å². The highest BCUT2D eigenvalue weighted by atomic mass is 16.5. The number of nitrogens with two attached hydrogens (primary N) is 1. The lowest BCUT2D eigenvalue weighted by atomic mass is 10.1. The van der Waals surface area contributed by atoms with Crippen LogP contribution in [0.15, 0.2) is 18.2 Å². The van der Waals surface area contributed by atoms with E-state index in [-0.39, 0.29) is 5.75 Å². The molecule has 20 heavy (non-hydrogen) atoms. The van der Waals surface area contributed by atoms with Crippen molar-refractivity contribution in [3.8, 4) is 5.75 Å². The van der Waals surface area contributed by atoms with Crippen molar-refractivity contribution in [1.29, 1.82) is 0 Å². The van der Waals surface area contributed by atoms with Crippen LogP contribution in [-0.2, 0) is 16.0 Å². The summed E-state index contributed by atoms with van der Waals surface area (Å²) in [5, 5.41) is 9.45. The molecule has 0 heterocycles. The highest BCUT2D eigenvalue weighted by molar-refractivity contribution is 5.53. The summed E-state index contributed by atoms with van der Waals surface area (Å²) in [5.74, 6) is 0.129. The molecule has 0 aromatic heterocycles. The third-order valence-corrected chi connectivity index (χ3v) is 3.01. The third-order valence-electron chi connectivity index (χ3n) is 3.01. The Bertz CT molecular complexity index is 375. The van der Waals surface area contributed by atoms with E-state index in [1.165, 1.54) is 0 Å². The Balaban J connectivity index is 2.54. The van der Waals surface area contributed by atoms with Crippen molar-refractivity contribution in [2.75, 3.05) is 45.3 Å². The molecule has 0 bridgehead atoms. The number of benzene rings is 1. The van der Waals surface area contributed by atoms with Crippen molar-refractivity contribution < 1.29 is 14.6 Å². The van der Waals surface area contributed by atoms with Gasteiger partial charge in [0.25, 0.3) is 0 Å². The number of phenolic OH excluding ortho intramolecular Hbond substituents is 1. The molecular formula is C15H26N2O3. The van der Waals surface area contributed by atoms with Gasteiger partial charge in [0.2, 0.25) is 0 Å². The Morgan fingerprint density at radius 2 is 1.70 bits per heavy atom. The molecule has 3 N–H and O–H groups in total. The van der Waals surface area contributed by atoms with Gasteiger partial charge in [0.1, 0.15) is 5.75 Å². The fourth-order valence-corrected chi connectivity index (χ4v) is 1.91. The molecule has 5 heteroatoms. The first-order valence-corrected chi connectivity index (χ1v) is 7.12. The molecule has 0 spiro atoms. The molecule has 0 aliphatic heterocycles. The Morgan fingerprint density at radius 1 is 1.10 bits per heavy atom. The minimum absolute atomic E-state index is 0.129. The number of aromatic hydroxyl groups is 1. The predicted molar refractivity (Wildman–Crippen MR) is 80.8 cm³/mol. The van der Waals surface area contributed by atoms with Crippen LogP contribution in [0.1, 0.15) is 19.4 Å². The van der Waals surface area contributed by atoms with Gasteiger partial charge in [-0.3, -0.25) is 4.90 Å². The second kappa shape index (κ2) is 9.58. The van der Waals surface area contributed by atoms with Crippen molar-refractivity contribution in [2.24, 2.45) is 0 Å². The van der Waals surface area contributed by atoms with E-state index in [2.05, 4.69) is 4.90 Å². The lowest BCUT2D eigenvalue weighted by Crippen LogP contribution is -2.30. The van der Waals surface area contributed by atoms with E-state index in [0.717, 1.165) is 38.4 Å². The molecule has 1 rings (SSSR count). The van der Waals surface area contributed by atoms with Crippen molar-refractivity contribution in [1.82, 2.24) is 4.90 Å². The van der Waals surface area contributed by atoms with Gasteiger partial charge in [-0.25, -0.2) is 0 Å². The number of ether oxygens (including phenoxy) is 2. The number of nitrogens with zero attached hydrogens (tertiary/aromatic N) is 1. The van der Waals surface area contributed by atoms with E-state index in [1.54, 1.807) is 6.07 Å². The van der Waals surface area contributed by atoms with E-state index in [9.17, 15) is 5.11 Å². The molecule has 0 unspecified atom stereocenters. The lowest BCUT2D eigenvalue weighted by Gasteiger charge is -2.22. The Labute approximate surface area is 121 Å². The number of hydrogen-bond donors (Lipinski definition) is 2. The zero-order chi connectivity index (χ0) is 14.8. The molecular weight excluding hydrogens is 256 g/mol. The first kappa shape index (κ1) is 16.8. The topological polar surface area (TPSA) is 68.0 Å². The van der Waals surface area contributed by atoms with Gasteiger partial charge in [0, 0.05) is 32.8 Å². The molecule has 0 atom stereocenters. The summed E-state index contributed by atoms with van der Waals surface area (Å²) in [4.78, 5) is 2.26. The maximum Gasteiger partial charge on any atom is 0.138 e. The van der Waals surface area contributed by atoms with Crippen LogP contribution in [0.4, 0.5) is 5.69 Å². The summed E-state index contributed by atoms with van der Waals surface area (Å²) in [7, 11) is 0. The SMILES string of the molecule is CCOCCN(CCOCC)Cc1ccc(O)c(N)c1. The highest BCUT2D eigenvalue weighted by Crippen LogP contribution is 2.21. The molecule has 0 aliphatic rings. The number of nitrogen functional groups attached to an aromatic ring is 1. The molecule has 1 aromatic rings. The van der Waals surface area contributed by atoms with Crippen LogP contribution in [0.5, 0.6) is 5.75 Å². The summed E-state index contributed by atoms with van der Waals surface area (Å²) in [5.41, 5.74) is 7.21. The molecule has 5 nitrogen and oxygen atoms in total. The summed E-state index contributed by atoms with van der Waals surface area (Å²) in [6.07, 6.45) is 0. The standard InChI is InChI=1S/C15H26N2O3/c1-3-19-9-7-17(8-10-20-4-2)12-13-5-6-15(18)14(16)11-13/h5-6,11,18H,3-4,7-10,12,16H2,1-2H3. The fraction of sp³-hybridized carbons (Fsp3) is 0.600. The first-order valence-electron chi connectivity index (χ1n) is 7.12. The fourth-order valence-electron chi connectivity index (χ4n) is 1.91. The number of anilines is 1. The van der Waals surface area contributed by atoms with Gasteiger partial charge >= 0.3 is 0 Å². The smallest absolute Gasteiger partial charge is 0.138 e. The minimum atomic E-state index is 0.129. The Hall–Kier alpha value is -1.30. The van der Waals surface area contributed by atoms with Crippen LogP contribution in [0.2, 0.25) is 0 Å². The zero-order valence-electron chi connectivity index (χ0n) is 12.5. The molecule has 0 radical (unpaired) electrons. The van der Waals surface area contributed by atoms with Crippen molar-refractivity contribution in [2.45, 2.75) is 20.4 Å². The van der Waals surface area contributed by atoms with E-state index >= 15 is 0 Å². The molecule has 1 aromatic carbocycles. The minimum Gasteiger partial charge on any atom is -0.506 e. The third kappa shape index (κ3) is 6.23. The van der Waals surface area contributed by atoms with Crippen molar-refractivity contribution in [3.63, 3.8) is 0 Å². The number of hydrogen-bond acceptors (Lipinski definition) is 5. The average Bonchev–Trinajstić information content (AvgIpc) is 2.43. The van der Waals surface area contributed by atoms with Gasteiger partial charge in [-0.1, -0.05) is 6.07 Å². The van der Waals surface area contributed by atoms with Crippen LogP contribution in [0.25, 0.3) is 0 Å². The average molecular weight is 282 g/mol. The normalized spacial score (nSPS) is 11.2.